The molecule has 0 aliphatic carbocycles. The molecule has 0 saturated carbocycles. The Labute approximate surface area is 71.0 Å². The number of thioether (sulfide) groups is 1. The first-order valence-electron chi connectivity index (χ1n) is 3.37. The zero-order valence-electron chi connectivity index (χ0n) is 6.80. The Kier molecular flexibility index (Phi) is 2.49. The predicted molar refractivity (Wildman–Crippen MR) is 47.8 cm³/mol. The lowest BCUT2D eigenvalue weighted by molar-refractivity contribution is -0.136. The maximum absolute atomic E-state index is 11.0. The van der Waals surface area contributed by atoms with Gasteiger partial charge in [-0.05, 0) is 11.7 Å². The minimum Gasteiger partial charge on any atom is -0.464 e. The first-order valence-corrected chi connectivity index (χ1v) is 4.25. The van der Waals surface area contributed by atoms with E-state index < -0.39 is 0 Å². The van der Waals surface area contributed by atoms with E-state index in [-0.39, 0.29) is 11.3 Å². The Morgan fingerprint density at radius 3 is 2.82 bits per heavy atom. The predicted octanol–water partition coefficient (Wildman–Crippen LogP) is -0.356. The van der Waals surface area contributed by atoms with Gasteiger partial charge in [0, 0.05) is 0 Å². The molecule has 0 fully saturated rings. The van der Waals surface area contributed by atoms with Crippen LogP contribution in [0.3, 0.4) is 0 Å². The van der Waals surface area contributed by atoms with E-state index in [1.165, 1.54) is 7.11 Å². The number of methoxy groups -OCH3 is 1. The number of hydrogen-bond donors (Lipinski definition) is 1. The molecule has 0 aromatic rings. The normalized spacial score (nSPS) is 23.3. The molecule has 3 nitrogen and oxygen atoms in total. The summed E-state index contributed by atoms with van der Waals surface area (Å²) >= 11 is 1.64. The Balaban J connectivity index is 2.72. The van der Waals surface area contributed by atoms with Gasteiger partial charge in [0.25, 0.3) is 0 Å². The maximum atomic E-state index is 11.0. The van der Waals surface area contributed by atoms with Crippen molar-refractivity contribution in [2.24, 2.45) is 0 Å². The second-order valence-corrected chi connectivity index (χ2v) is 3.88. The van der Waals surface area contributed by atoms with Crippen LogP contribution in [-0.4, -0.2) is 26.3 Å². The first-order chi connectivity index (χ1) is 5.15. The molecular weight excluding hydrogens is 161 g/mol. The van der Waals surface area contributed by atoms with Crippen LogP contribution >= 0.6 is 11.8 Å². The van der Waals surface area contributed by atoms with Gasteiger partial charge in [0.15, 0.2) is 7.85 Å². The van der Waals surface area contributed by atoms with Gasteiger partial charge in [0.1, 0.15) is 5.70 Å². The average Bonchev–Trinajstić information content (AvgIpc) is 2.28. The summed E-state index contributed by atoms with van der Waals surface area (Å²) in [4.78, 5) is 12.0. The Hall–Kier alpha value is -0.575. The third-order valence-electron chi connectivity index (χ3n) is 1.44. The highest BCUT2D eigenvalue weighted by Gasteiger charge is 2.22. The van der Waals surface area contributed by atoms with E-state index in [2.05, 4.69) is 10.1 Å². The summed E-state index contributed by atoms with van der Waals surface area (Å²) in [6.07, 6.45) is 0. The Bertz CT molecular complexity index is 217. The van der Waals surface area contributed by atoms with Crippen molar-refractivity contribution in [2.75, 3.05) is 7.11 Å². The smallest absolute Gasteiger partial charge is 0.354 e. The van der Waals surface area contributed by atoms with Crippen LogP contribution < -0.4 is 5.32 Å². The fraction of sp³-hybridized carbons (Fsp3) is 0.500. The van der Waals surface area contributed by atoms with Crippen LogP contribution in [0.4, 0.5) is 0 Å². The number of nitrogens with one attached hydrogen (secondary N) is 1. The van der Waals surface area contributed by atoms with E-state index in [0.29, 0.717) is 5.70 Å². The SMILES string of the molecule is BC1=C(C(=O)OC)NC(C)S1. The minimum absolute atomic E-state index is 0.278. The summed E-state index contributed by atoms with van der Waals surface area (Å²) in [5.41, 5.74) is 0.602. The molecule has 1 aliphatic heterocycles. The van der Waals surface area contributed by atoms with Gasteiger partial charge in [-0.15, -0.1) is 11.8 Å². The number of carbonyl (C=O) groups is 1. The Morgan fingerprint density at radius 1 is 1.82 bits per heavy atom. The van der Waals surface area contributed by atoms with Crippen molar-refractivity contribution in [1.82, 2.24) is 5.32 Å². The van der Waals surface area contributed by atoms with Crippen molar-refractivity contribution in [3.63, 3.8) is 0 Å². The second kappa shape index (κ2) is 3.22. The van der Waals surface area contributed by atoms with Crippen molar-refractivity contribution < 1.29 is 9.53 Å². The molecule has 0 amide bonds. The third-order valence-corrected chi connectivity index (χ3v) is 2.47. The zero-order chi connectivity index (χ0) is 8.43. The van der Waals surface area contributed by atoms with Gasteiger partial charge in [-0.25, -0.2) is 4.79 Å². The van der Waals surface area contributed by atoms with E-state index in [1.807, 2.05) is 14.8 Å². The monoisotopic (exact) mass is 171 g/mol. The van der Waals surface area contributed by atoms with Gasteiger partial charge >= 0.3 is 5.97 Å². The maximum Gasteiger partial charge on any atom is 0.354 e. The summed E-state index contributed by atoms with van der Waals surface area (Å²) in [5, 5.41) is 3.30. The van der Waals surface area contributed by atoms with Gasteiger partial charge in [0.2, 0.25) is 0 Å². The van der Waals surface area contributed by atoms with Gasteiger partial charge in [-0.2, -0.15) is 0 Å². The highest BCUT2D eigenvalue weighted by molar-refractivity contribution is 8.05. The molecule has 5 heteroatoms. The van der Waals surface area contributed by atoms with E-state index >= 15 is 0 Å². The molecule has 1 heterocycles. The molecule has 1 atom stereocenters. The van der Waals surface area contributed by atoms with Crippen LogP contribution in [0.1, 0.15) is 6.92 Å². The number of carbonyl (C=O) groups excluding carboxylic acids is 1. The molecule has 0 spiro atoms. The number of rotatable bonds is 1. The highest BCUT2D eigenvalue weighted by atomic mass is 32.2. The van der Waals surface area contributed by atoms with Crippen molar-refractivity contribution in [2.45, 2.75) is 12.3 Å². The number of ether oxygens (including phenoxy) is 1. The summed E-state index contributed by atoms with van der Waals surface area (Å²) < 4.78 is 4.58. The van der Waals surface area contributed by atoms with Crippen LogP contribution in [0.15, 0.2) is 10.5 Å². The van der Waals surface area contributed by atoms with Crippen LogP contribution in [0, 0.1) is 0 Å². The van der Waals surface area contributed by atoms with Gasteiger partial charge in [-0.1, -0.05) is 0 Å². The van der Waals surface area contributed by atoms with Crippen molar-refractivity contribution >= 4 is 25.6 Å². The fourth-order valence-corrected chi connectivity index (χ4v) is 1.93. The Morgan fingerprint density at radius 2 is 2.45 bits per heavy atom. The largest absolute Gasteiger partial charge is 0.464 e. The van der Waals surface area contributed by atoms with E-state index in [4.69, 9.17) is 0 Å². The molecule has 0 saturated heterocycles. The standard InChI is InChI=1S/C6H10BNO2S/c1-3-8-4(5(7)11-3)6(9)10-2/h3,8H,7H2,1-2H3. The second-order valence-electron chi connectivity index (χ2n) is 2.33. The zero-order valence-corrected chi connectivity index (χ0v) is 7.62. The molecule has 0 aromatic heterocycles. The molecule has 1 N–H and O–H groups in total. The van der Waals surface area contributed by atoms with Gasteiger partial charge in [-0.3, -0.25) is 0 Å². The molecule has 11 heavy (non-hydrogen) atoms. The van der Waals surface area contributed by atoms with Gasteiger partial charge in [0.05, 0.1) is 12.5 Å². The highest BCUT2D eigenvalue weighted by Crippen LogP contribution is 2.27. The summed E-state index contributed by atoms with van der Waals surface area (Å²) in [6.45, 7) is 2.00. The van der Waals surface area contributed by atoms with Crippen LogP contribution in [0.2, 0.25) is 0 Å². The summed E-state index contributed by atoms with van der Waals surface area (Å²) in [5.74, 6) is -0.278. The molecule has 1 rings (SSSR count). The number of esters is 1. The lowest BCUT2D eigenvalue weighted by Crippen LogP contribution is -2.22. The lowest BCUT2D eigenvalue weighted by Gasteiger charge is -2.04. The van der Waals surface area contributed by atoms with Gasteiger partial charge < -0.3 is 10.1 Å². The number of hydrogen-bond acceptors (Lipinski definition) is 4. The molecule has 1 aliphatic rings. The topological polar surface area (TPSA) is 38.3 Å². The van der Waals surface area contributed by atoms with E-state index in [9.17, 15) is 4.79 Å². The molecular formula is C6H10BNO2S. The van der Waals surface area contributed by atoms with E-state index in [1.54, 1.807) is 11.8 Å². The fourth-order valence-electron chi connectivity index (χ4n) is 0.963. The van der Waals surface area contributed by atoms with Crippen molar-refractivity contribution in [3.8, 4) is 0 Å². The molecule has 1 unspecified atom stereocenters. The molecule has 60 valence electrons. The van der Waals surface area contributed by atoms with Crippen molar-refractivity contribution in [3.05, 3.63) is 10.5 Å². The quantitative estimate of drug-likeness (QED) is 0.432. The first kappa shape index (κ1) is 8.52. The van der Waals surface area contributed by atoms with E-state index in [0.717, 1.165) is 4.80 Å². The molecule has 0 bridgehead atoms. The average molecular weight is 171 g/mol. The van der Waals surface area contributed by atoms with Crippen LogP contribution in [0.5, 0.6) is 0 Å². The summed E-state index contributed by atoms with van der Waals surface area (Å²) in [7, 11) is 3.30. The molecule has 0 radical (unpaired) electrons. The van der Waals surface area contributed by atoms with Crippen LogP contribution in [-0.2, 0) is 9.53 Å². The summed E-state index contributed by atoms with van der Waals surface area (Å²) in [6, 6.07) is 0. The van der Waals surface area contributed by atoms with Crippen molar-refractivity contribution in [1.29, 1.82) is 0 Å². The third kappa shape index (κ3) is 1.71. The van der Waals surface area contributed by atoms with Crippen LogP contribution in [0.25, 0.3) is 0 Å². The molecule has 0 aromatic carbocycles. The lowest BCUT2D eigenvalue weighted by atomic mass is 10.1. The minimum atomic E-state index is -0.278.